The Labute approximate surface area is 208 Å². The summed E-state index contributed by atoms with van der Waals surface area (Å²) in [4.78, 5) is 31.1. The van der Waals surface area contributed by atoms with Crippen LogP contribution in [0.2, 0.25) is 0 Å². The number of hydrogen-bond acceptors (Lipinski definition) is 6. The van der Waals surface area contributed by atoms with E-state index in [0.717, 1.165) is 62.8 Å². The minimum Gasteiger partial charge on any atom is -0.505 e. The first-order valence-corrected chi connectivity index (χ1v) is 12.4. The van der Waals surface area contributed by atoms with E-state index >= 15 is 0 Å². The number of aromatic hydroxyl groups is 1. The lowest BCUT2D eigenvalue weighted by atomic mass is 9.98. The smallest absolute Gasteiger partial charge is 0.296 e. The van der Waals surface area contributed by atoms with Crippen LogP contribution in [-0.4, -0.2) is 129 Å². The molecular formula is C26H40N6O3+2. The van der Waals surface area contributed by atoms with Crippen molar-refractivity contribution in [3.05, 3.63) is 35.9 Å². The number of hydrogen-bond donors (Lipinski definition) is 2. The Kier molecular flexibility index (Phi) is 7.17. The molecule has 9 nitrogen and oxygen atoms in total. The predicted octanol–water partition coefficient (Wildman–Crippen LogP) is 0.719. The molecule has 2 saturated heterocycles. The minimum atomic E-state index is -0.258. The van der Waals surface area contributed by atoms with Gasteiger partial charge < -0.3 is 14.1 Å². The normalized spacial score (nSPS) is 20.6. The molecule has 0 bridgehead atoms. The van der Waals surface area contributed by atoms with E-state index < -0.39 is 0 Å². The Morgan fingerprint density at radius 3 is 2.03 bits per heavy atom. The van der Waals surface area contributed by atoms with Crippen LogP contribution in [0.3, 0.4) is 0 Å². The van der Waals surface area contributed by atoms with Crippen LogP contribution < -0.4 is 10.9 Å². The number of amides is 1. The fraction of sp³-hybridized carbons (Fsp3) is 0.538. The minimum absolute atomic E-state index is 0.0134. The predicted molar refractivity (Wildman–Crippen MR) is 138 cm³/mol. The zero-order valence-electron chi connectivity index (χ0n) is 21.5. The molecule has 0 saturated carbocycles. The molecule has 2 aromatic carbocycles. The van der Waals surface area contributed by atoms with Gasteiger partial charge in [-0.15, -0.1) is 0 Å². The van der Waals surface area contributed by atoms with E-state index in [1.165, 1.54) is 0 Å². The average Bonchev–Trinajstić information content (AvgIpc) is 2.82. The first-order valence-electron chi connectivity index (χ1n) is 12.4. The summed E-state index contributed by atoms with van der Waals surface area (Å²) in [6.07, 6.45) is 0. The molecule has 0 unspecified atom stereocenters. The molecule has 2 aromatic rings. The summed E-state index contributed by atoms with van der Waals surface area (Å²) in [6.45, 7) is 7.92. The molecule has 3 N–H and O–H groups in total. The maximum Gasteiger partial charge on any atom is 0.296 e. The van der Waals surface area contributed by atoms with Crippen molar-refractivity contribution in [2.45, 2.75) is 0 Å². The average molecular weight is 485 g/mol. The molecule has 2 aliphatic rings. The highest BCUT2D eigenvalue weighted by Gasteiger charge is 2.33. The quantitative estimate of drug-likeness (QED) is 0.207. The Balaban J connectivity index is 1.59. The highest BCUT2D eigenvalue weighted by molar-refractivity contribution is 6.13. The lowest BCUT2D eigenvalue weighted by Crippen LogP contribution is -2.60. The maximum atomic E-state index is 13.5. The van der Waals surface area contributed by atoms with Crippen molar-refractivity contribution in [3.8, 4) is 5.75 Å². The molecule has 2 heterocycles. The van der Waals surface area contributed by atoms with Gasteiger partial charge in [0.1, 0.15) is 18.0 Å². The van der Waals surface area contributed by atoms with E-state index in [9.17, 15) is 14.7 Å². The van der Waals surface area contributed by atoms with Crippen LogP contribution in [0.5, 0.6) is 5.75 Å². The number of phenolic OH excluding ortho intramolecular Hbond substituents is 1. The van der Waals surface area contributed by atoms with E-state index in [1.807, 2.05) is 18.2 Å². The molecule has 190 valence electrons. The standard InChI is InChI=1S/C26H39N6O3/c1-28-10-14-31(3,15-11-28)18-23(33)21-7-5-6-20-8-9-22(26(35)25(20)21)30(27)24(34)19-32(4)16-12-29(2)13-17-32/h5-9H,10-19,27H2,1-4H3/q+1/p+1. The van der Waals surface area contributed by atoms with Gasteiger partial charge in [0.2, 0.25) is 5.78 Å². The van der Waals surface area contributed by atoms with Crippen LogP contribution in [0.1, 0.15) is 10.4 Å². The lowest BCUT2D eigenvalue weighted by Gasteiger charge is -2.41. The first-order chi connectivity index (χ1) is 16.5. The summed E-state index contributed by atoms with van der Waals surface area (Å²) in [7, 11) is 8.36. The number of ketones is 1. The molecular weight excluding hydrogens is 444 g/mol. The van der Waals surface area contributed by atoms with Crippen molar-refractivity contribution >= 4 is 28.2 Å². The first kappa shape index (κ1) is 25.5. The van der Waals surface area contributed by atoms with Gasteiger partial charge in [0.05, 0.1) is 40.3 Å². The number of benzene rings is 2. The molecule has 0 atom stereocenters. The summed E-state index contributed by atoms with van der Waals surface area (Å²) in [5, 5.41) is 13.5. The summed E-state index contributed by atoms with van der Waals surface area (Å²) >= 11 is 0. The number of rotatable bonds is 6. The van der Waals surface area contributed by atoms with Gasteiger partial charge in [-0.2, -0.15) is 0 Å². The Hall–Kier alpha value is -2.56. The number of hydrazine groups is 1. The van der Waals surface area contributed by atoms with Gasteiger partial charge in [-0.3, -0.25) is 19.4 Å². The molecule has 2 fully saturated rings. The van der Waals surface area contributed by atoms with E-state index in [-0.39, 0.29) is 29.7 Å². The fourth-order valence-corrected chi connectivity index (χ4v) is 5.16. The highest BCUT2D eigenvalue weighted by Crippen LogP contribution is 2.37. The number of Topliss-reactive ketones (excluding diaryl/α,β-unsaturated/α-hetero) is 1. The Bertz CT molecular complexity index is 1100. The van der Waals surface area contributed by atoms with E-state index in [2.05, 4.69) is 38.0 Å². The van der Waals surface area contributed by atoms with Crippen LogP contribution in [0.15, 0.2) is 30.3 Å². The second-order valence-corrected chi connectivity index (χ2v) is 11.1. The summed E-state index contributed by atoms with van der Waals surface area (Å²) in [5.41, 5.74) is 0.697. The molecule has 2 aliphatic heterocycles. The maximum absolute atomic E-state index is 13.5. The molecule has 0 spiro atoms. The van der Waals surface area contributed by atoms with Crippen molar-refractivity contribution in [1.82, 2.24) is 9.80 Å². The van der Waals surface area contributed by atoms with Gasteiger partial charge in [-0.1, -0.05) is 24.3 Å². The number of fused-ring (bicyclic) bond motifs is 1. The third-order valence-corrected chi connectivity index (χ3v) is 7.95. The molecule has 35 heavy (non-hydrogen) atoms. The number of phenols is 1. The number of nitrogens with two attached hydrogens (primary N) is 1. The van der Waals surface area contributed by atoms with Crippen LogP contribution in [-0.2, 0) is 4.79 Å². The third-order valence-electron chi connectivity index (χ3n) is 7.95. The second-order valence-electron chi connectivity index (χ2n) is 11.1. The molecule has 0 aliphatic carbocycles. The van der Waals surface area contributed by atoms with Crippen LogP contribution in [0.25, 0.3) is 10.8 Å². The summed E-state index contributed by atoms with van der Waals surface area (Å²) in [6, 6.07) is 8.92. The number of carbonyl (C=O) groups excluding carboxylic acids is 2. The highest BCUT2D eigenvalue weighted by atomic mass is 16.3. The van der Waals surface area contributed by atoms with Gasteiger partial charge in [-0.25, -0.2) is 10.9 Å². The number of quaternary nitrogens is 2. The number of anilines is 1. The van der Waals surface area contributed by atoms with Gasteiger partial charge >= 0.3 is 0 Å². The topological polar surface area (TPSA) is 90.1 Å². The molecule has 1 amide bonds. The van der Waals surface area contributed by atoms with Gasteiger partial charge in [0, 0.05) is 37.1 Å². The van der Waals surface area contributed by atoms with Gasteiger partial charge in [0.25, 0.3) is 5.91 Å². The molecule has 0 radical (unpaired) electrons. The van der Waals surface area contributed by atoms with Crippen LogP contribution >= 0.6 is 0 Å². The number of nitrogens with zero attached hydrogens (tertiary/aromatic N) is 5. The number of piperazine rings is 2. The van der Waals surface area contributed by atoms with Crippen LogP contribution in [0.4, 0.5) is 5.69 Å². The van der Waals surface area contributed by atoms with E-state index in [0.29, 0.717) is 26.5 Å². The van der Waals surface area contributed by atoms with Crippen molar-refractivity contribution in [2.24, 2.45) is 5.84 Å². The number of likely N-dealkylation sites (N-methyl/N-ethyl adjacent to an activating group) is 4. The SMILES string of the molecule is CN1CC[N+](C)(CC(=O)c2cccc3ccc(N(N)C(=O)C[N+]4(C)CCN(C)CC4)c(O)c23)CC1. The zero-order valence-corrected chi connectivity index (χ0v) is 21.5. The molecule has 9 heteroatoms. The molecule has 4 rings (SSSR count). The summed E-state index contributed by atoms with van der Waals surface area (Å²) < 4.78 is 1.29. The van der Waals surface area contributed by atoms with Crippen molar-refractivity contribution in [2.75, 3.05) is 98.6 Å². The Morgan fingerprint density at radius 2 is 1.46 bits per heavy atom. The summed E-state index contributed by atoms with van der Waals surface area (Å²) in [5.74, 6) is 5.86. The van der Waals surface area contributed by atoms with Gasteiger partial charge in [-0.05, 0) is 25.5 Å². The zero-order chi connectivity index (χ0) is 25.4. The van der Waals surface area contributed by atoms with Crippen LogP contribution in [0, 0.1) is 0 Å². The fourth-order valence-electron chi connectivity index (χ4n) is 5.16. The molecule has 0 aromatic heterocycles. The van der Waals surface area contributed by atoms with Crippen molar-refractivity contribution in [3.63, 3.8) is 0 Å². The number of carbonyl (C=O) groups is 2. The second kappa shape index (κ2) is 9.83. The van der Waals surface area contributed by atoms with Crippen molar-refractivity contribution in [1.29, 1.82) is 0 Å². The van der Waals surface area contributed by atoms with Gasteiger partial charge in [0.15, 0.2) is 6.54 Å². The van der Waals surface area contributed by atoms with Crippen molar-refractivity contribution < 1.29 is 23.7 Å². The monoisotopic (exact) mass is 484 g/mol. The lowest BCUT2D eigenvalue weighted by molar-refractivity contribution is -0.905. The van der Waals surface area contributed by atoms with E-state index in [4.69, 9.17) is 5.84 Å². The third kappa shape index (κ3) is 5.49. The Morgan fingerprint density at radius 1 is 0.914 bits per heavy atom. The van der Waals surface area contributed by atoms with E-state index in [1.54, 1.807) is 12.1 Å². The largest absolute Gasteiger partial charge is 0.505 e.